The molecule has 6 heteroatoms. The average Bonchev–Trinajstić information content (AvgIpc) is 2.24. The molecule has 3 N–H and O–H groups in total. The molecular weight excluding hydrogens is 262 g/mol. The van der Waals surface area contributed by atoms with E-state index >= 15 is 0 Å². The molecule has 2 aliphatic carbocycles. The third-order valence-corrected chi connectivity index (χ3v) is 6.34. The normalized spacial score (nSPS) is 28.3. The van der Waals surface area contributed by atoms with Crippen LogP contribution < -0.4 is 10.5 Å². The van der Waals surface area contributed by atoms with Crippen molar-refractivity contribution in [2.45, 2.75) is 51.0 Å². The summed E-state index contributed by atoms with van der Waals surface area (Å²) in [6.07, 6.45) is 8.07. The van der Waals surface area contributed by atoms with E-state index < -0.39 is 10.2 Å². The lowest BCUT2D eigenvalue weighted by Crippen LogP contribution is -2.66. The molecule has 0 bridgehead atoms. The van der Waals surface area contributed by atoms with Crippen molar-refractivity contribution in [1.82, 2.24) is 9.62 Å². The molecule has 0 unspecified atom stereocenters. The Morgan fingerprint density at radius 3 is 2.26 bits per heavy atom. The van der Waals surface area contributed by atoms with E-state index in [9.17, 15) is 8.42 Å². The molecule has 0 aromatic carbocycles. The van der Waals surface area contributed by atoms with Gasteiger partial charge in [0.1, 0.15) is 0 Å². The lowest BCUT2D eigenvalue weighted by Gasteiger charge is -2.56. The van der Waals surface area contributed by atoms with Crippen LogP contribution in [-0.2, 0) is 10.2 Å². The monoisotopic (exact) mass is 287 g/mol. The molecule has 1 heterocycles. The highest BCUT2D eigenvalue weighted by atomic mass is 32.2. The summed E-state index contributed by atoms with van der Waals surface area (Å²) in [6, 6.07) is 0.152. The summed E-state index contributed by atoms with van der Waals surface area (Å²) in [5.41, 5.74) is 0.389. The topological polar surface area (TPSA) is 75.4 Å². The van der Waals surface area contributed by atoms with Gasteiger partial charge in [0, 0.05) is 25.7 Å². The van der Waals surface area contributed by atoms with Crippen molar-refractivity contribution in [1.29, 1.82) is 0 Å². The fourth-order valence-corrected chi connectivity index (χ4v) is 4.98. The zero-order chi connectivity index (χ0) is 13.5. The van der Waals surface area contributed by atoms with Crippen LogP contribution >= 0.6 is 0 Å². The van der Waals surface area contributed by atoms with Crippen LogP contribution in [0.25, 0.3) is 0 Å². The minimum Gasteiger partial charge on any atom is -0.316 e. The number of rotatable bonds is 4. The Morgan fingerprint density at radius 2 is 1.79 bits per heavy atom. The van der Waals surface area contributed by atoms with E-state index in [2.05, 4.69) is 5.32 Å². The first kappa shape index (κ1) is 13.8. The van der Waals surface area contributed by atoms with Gasteiger partial charge in [-0.2, -0.15) is 12.7 Å². The van der Waals surface area contributed by atoms with Crippen molar-refractivity contribution in [3.63, 3.8) is 0 Å². The number of nitrogens with two attached hydrogens (primary N) is 1. The van der Waals surface area contributed by atoms with Gasteiger partial charge in [-0.05, 0) is 37.0 Å². The third-order valence-electron chi connectivity index (χ3n) is 5.23. The molecule has 0 aromatic heterocycles. The van der Waals surface area contributed by atoms with Crippen LogP contribution in [0.5, 0.6) is 0 Å². The van der Waals surface area contributed by atoms with Crippen LogP contribution in [0.2, 0.25) is 0 Å². The molecule has 19 heavy (non-hydrogen) atoms. The number of nitrogens with one attached hydrogen (secondary N) is 1. The van der Waals surface area contributed by atoms with Gasteiger partial charge in [0.15, 0.2) is 0 Å². The van der Waals surface area contributed by atoms with Gasteiger partial charge in [-0.1, -0.05) is 19.3 Å². The maximum Gasteiger partial charge on any atom is 0.277 e. The van der Waals surface area contributed by atoms with E-state index in [1.165, 1.54) is 19.3 Å². The maximum atomic E-state index is 11.8. The molecule has 3 aliphatic rings. The summed E-state index contributed by atoms with van der Waals surface area (Å²) in [6.45, 7) is 2.74. The SMILES string of the molecule is NS(=O)(=O)N(CC1CCCCC1)C1CC2(CNC2)C1. The summed E-state index contributed by atoms with van der Waals surface area (Å²) < 4.78 is 25.3. The highest BCUT2D eigenvalue weighted by molar-refractivity contribution is 7.86. The van der Waals surface area contributed by atoms with Crippen molar-refractivity contribution in [2.24, 2.45) is 16.5 Å². The minimum atomic E-state index is -3.55. The van der Waals surface area contributed by atoms with Gasteiger partial charge in [0.25, 0.3) is 10.2 Å². The smallest absolute Gasteiger partial charge is 0.277 e. The molecule has 0 radical (unpaired) electrons. The molecule has 0 aromatic rings. The molecular formula is C13H25N3O2S. The Balaban J connectivity index is 1.61. The first-order valence-electron chi connectivity index (χ1n) is 7.49. The fraction of sp³-hybridized carbons (Fsp3) is 1.00. The fourth-order valence-electron chi connectivity index (χ4n) is 4.00. The highest BCUT2D eigenvalue weighted by Crippen LogP contribution is 2.47. The van der Waals surface area contributed by atoms with E-state index in [1.54, 1.807) is 4.31 Å². The summed E-state index contributed by atoms with van der Waals surface area (Å²) >= 11 is 0. The van der Waals surface area contributed by atoms with Gasteiger partial charge in [0.2, 0.25) is 0 Å². The van der Waals surface area contributed by atoms with Gasteiger partial charge in [-0.3, -0.25) is 0 Å². The summed E-state index contributed by atoms with van der Waals surface area (Å²) in [4.78, 5) is 0. The Bertz CT molecular complexity index is 419. The average molecular weight is 287 g/mol. The quantitative estimate of drug-likeness (QED) is 0.804. The van der Waals surface area contributed by atoms with Crippen molar-refractivity contribution in [3.05, 3.63) is 0 Å². The minimum absolute atomic E-state index is 0.152. The third kappa shape index (κ3) is 2.82. The van der Waals surface area contributed by atoms with Gasteiger partial charge in [-0.15, -0.1) is 0 Å². The zero-order valence-electron chi connectivity index (χ0n) is 11.5. The number of hydrogen-bond donors (Lipinski definition) is 2. The van der Waals surface area contributed by atoms with E-state index in [4.69, 9.17) is 5.14 Å². The van der Waals surface area contributed by atoms with Crippen molar-refractivity contribution in [3.8, 4) is 0 Å². The van der Waals surface area contributed by atoms with E-state index in [0.29, 0.717) is 17.9 Å². The van der Waals surface area contributed by atoms with Crippen molar-refractivity contribution < 1.29 is 8.42 Å². The van der Waals surface area contributed by atoms with Gasteiger partial charge >= 0.3 is 0 Å². The van der Waals surface area contributed by atoms with Gasteiger partial charge in [0.05, 0.1) is 0 Å². The molecule has 0 atom stereocenters. The first-order valence-corrected chi connectivity index (χ1v) is 8.99. The summed E-state index contributed by atoms with van der Waals surface area (Å²) in [5, 5.41) is 8.72. The van der Waals surface area contributed by atoms with Gasteiger partial charge < -0.3 is 5.32 Å². The molecule has 3 rings (SSSR count). The molecule has 0 amide bonds. The molecule has 3 fully saturated rings. The van der Waals surface area contributed by atoms with Crippen molar-refractivity contribution in [2.75, 3.05) is 19.6 Å². The molecule has 1 saturated heterocycles. The second-order valence-electron chi connectivity index (χ2n) is 6.78. The highest BCUT2D eigenvalue weighted by Gasteiger charge is 2.52. The number of nitrogens with zero attached hydrogens (tertiary/aromatic N) is 1. The van der Waals surface area contributed by atoms with Crippen LogP contribution in [0.1, 0.15) is 44.9 Å². The van der Waals surface area contributed by atoms with Crippen LogP contribution in [0.4, 0.5) is 0 Å². The largest absolute Gasteiger partial charge is 0.316 e. The predicted molar refractivity (Wildman–Crippen MR) is 74.7 cm³/mol. The maximum absolute atomic E-state index is 11.8. The molecule has 1 aliphatic heterocycles. The first-order chi connectivity index (χ1) is 8.99. The Hall–Kier alpha value is -0.170. The lowest BCUT2D eigenvalue weighted by atomic mass is 9.61. The molecule has 2 saturated carbocycles. The van der Waals surface area contributed by atoms with Crippen LogP contribution in [0.3, 0.4) is 0 Å². The molecule has 110 valence electrons. The predicted octanol–water partition coefficient (Wildman–Crippen LogP) is 0.824. The second kappa shape index (κ2) is 4.98. The Morgan fingerprint density at radius 1 is 1.16 bits per heavy atom. The summed E-state index contributed by atoms with van der Waals surface area (Å²) in [7, 11) is -3.55. The molecule has 5 nitrogen and oxygen atoms in total. The number of hydrogen-bond acceptors (Lipinski definition) is 3. The standard InChI is InChI=1S/C13H25N3O2S/c14-19(17,18)16(8-11-4-2-1-3-5-11)12-6-13(7-12)9-15-10-13/h11-12,15H,1-10H2,(H2,14,17,18). The van der Waals surface area contributed by atoms with Gasteiger partial charge in [-0.25, -0.2) is 5.14 Å². The Labute approximate surface area is 116 Å². The Kier molecular flexibility index (Phi) is 3.62. The zero-order valence-corrected chi connectivity index (χ0v) is 12.3. The summed E-state index contributed by atoms with van der Waals surface area (Å²) in [5.74, 6) is 0.517. The van der Waals surface area contributed by atoms with Crippen LogP contribution in [-0.4, -0.2) is 38.4 Å². The van der Waals surface area contributed by atoms with Crippen LogP contribution in [0, 0.1) is 11.3 Å². The second-order valence-corrected chi connectivity index (χ2v) is 8.28. The van der Waals surface area contributed by atoms with Crippen LogP contribution in [0.15, 0.2) is 0 Å². The van der Waals surface area contributed by atoms with E-state index in [-0.39, 0.29) is 6.04 Å². The molecule has 1 spiro atoms. The van der Waals surface area contributed by atoms with Crippen molar-refractivity contribution >= 4 is 10.2 Å². The van der Waals surface area contributed by atoms with E-state index in [1.807, 2.05) is 0 Å². The van der Waals surface area contributed by atoms with E-state index in [0.717, 1.165) is 38.8 Å². The lowest BCUT2D eigenvalue weighted by molar-refractivity contribution is -0.0112.